The Morgan fingerprint density at radius 1 is 1.14 bits per heavy atom. The molecule has 0 bridgehead atoms. The second-order valence-electron chi connectivity index (χ2n) is 9.78. The minimum Gasteiger partial charge on any atom is -0.464 e. The van der Waals surface area contributed by atoms with Crippen molar-refractivity contribution in [3.8, 4) is 5.19 Å². The third kappa shape index (κ3) is 6.06. The Hall–Kier alpha value is -2.39. The highest BCUT2D eigenvalue weighted by atomic mass is 32.1. The zero-order chi connectivity index (χ0) is 24.2. The lowest BCUT2D eigenvalue weighted by atomic mass is 9.78. The molecular formula is C26H32F2N4O2S. The molecule has 0 N–H and O–H groups in total. The minimum atomic E-state index is -2.47. The van der Waals surface area contributed by atoms with Gasteiger partial charge in [-0.15, -0.1) is 0 Å². The normalized spacial score (nSPS) is 21.2. The van der Waals surface area contributed by atoms with E-state index in [0.29, 0.717) is 17.5 Å². The molecule has 0 radical (unpaired) electrons. The van der Waals surface area contributed by atoms with Crippen LogP contribution in [0.15, 0.2) is 30.6 Å². The molecule has 0 spiro atoms. The molecule has 1 aliphatic heterocycles. The van der Waals surface area contributed by atoms with Crippen LogP contribution in [0.4, 0.5) is 8.78 Å². The first kappa shape index (κ1) is 24.3. The average molecular weight is 503 g/mol. The van der Waals surface area contributed by atoms with Gasteiger partial charge in [0.05, 0.1) is 17.4 Å². The number of pyridine rings is 1. The Morgan fingerprint density at radius 2 is 1.94 bits per heavy atom. The number of halogens is 2. The Balaban J connectivity index is 1.04. The summed E-state index contributed by atoms with van der Waals surface area (Å²) >= 11 is 1.42. The number of aromatic nitrogens is 3. The summed E-state index contributed by atoms with van der Waals surface area (Å²) in [7, 11) is 0. The molecule has 9 heteroatoms. The highest BCUT2D eigenvalue weighted by Gasteiger charge is 2.25. The Bertz CT molecular complexity index is 1110. The molecule has 1 fully saturated rings. The van der Waals surface area contributed by atoms with Crippen molar-refractivity contribution in [2.24, 2.45) is 11.8 Å². The standard InChI is InChI=1S/C26H32F2N4O2S/c27-25(28)17-34-26-30-21-9-14-31(15-10-24(21)35-26)13-8-18-3-5-19(6-4-18)16-23(33)20-2-1-12-32-22(20)7-11-29-32/h1-2,7,11-12,18-19,25H,3-6,8-10,13-17H2. The predicted octanol–water partition coefficient (Wildman–Crippen LogP) is 5.30. The molecule has 3 aromatic heterocycles. The van der Waals surface area contributed by atoms with E-state index in [1.54, 1.807) is 10.7 Å². The number of fused-ring (bicyclic) bond motifs is 2. The second kappa shape index (κ2) is 11.1. The van der Waals surface area contributed by atoms with Crippen molar-refractivity contribution in [1.29, 1.82) is 0 Å². The van der Waals surface area contributed by atoms with Crippen LogP contribution in [0.1, 0.15) is 59.5 Å². The van der Waals surface area contributed by atoms with E-state index in [2.05, 4.69) is 15.0 Å². The summed E-state index contributed by atoms with van der Waals surface area (Å²) in [5.41, 5.74) is 2.69. The van der Waals surface area contributed by atoms with Crippen molar-refractivity contribution in [2.75, 3.05) is 26.2 Å². The van der Waals surface area contributed by atoms with Crippen LogP contribution >= 0.6 is 11.3 Å². The van der Waals surface area contributed by atoms with Gasteiger partial charge in [-0.05, 0) is 62.3 Å². The number of carbonyl (C=O) groups is 1. The second-order valence-corrected chi connectivity index (χ2v) is 10.8. The topological polar surface area (TPSA) is 59.7 Å². The number of ether oxygens (including phenoxy) is 1. The van der Waals surface area contributed by atoms with Gasteiger partial charge in [0.15, 0.2) is 12.4 Å². The number of thiazole rings is 1. The lowest BCUT2D eigenvalue weighted by Crippen LogP contribution is -2.29. The fourth-order valence-corrected chi connectivity index (χ4v) is 6.41. The molecule has 5 rings (SSSR count). The molecule has 0 atom stereocenters. The monoisotopic (exact) mass is 502 g/mol. The molecule has 35 heavy (non-hydrogen) atoms. The third-order valence-corrected chi connectivity index (χ3v) is 8.51. The summed E-state index contributed by atoms with van der Waals surface area (Å²) in [4.78, 5) is 21.1. The van der Waals surface area contributed by atoms with E-state index in [1.165, 1.54) is 35.5 Å². The zero-order valence-corrected chi connectivity index (χ0v) is 20.7. The molecule has 3 aromatic rings. The van der Waals surface area contributed by atoms with E-state index in [4.69, 9.17) is 4.74 Å². The molecule has 0 aromatic carbocycles. The number of alkyl halides is 2. The Morgan fingerprint density at radius 3 is 2.77 bits per heavy atom. The molecule has 0 amide bonds. The average Bonchev–Trinajstić information content (AvgIpc) is 3.45. The molecule has 188 valence electrons. The first-order valence-corrected chi connectivity index (χ1v) is 13.4. The molecule has 2 aliphatic rings. The minimum absolute atomic E-state index is 0.230. The van der Waals surface area contributed by atoms with Crippen molar-refractivity contribution in [2.45, 2.75) is 57.8 Å². The van der Waals surface area contributed by atoms with E-state index in [9.17, 15) is 13.6 Å². The lowest BCUT2D eigenvalue weighted by Gasteiger charge is -2.30. The van der Waals surface area contributed by atoms with Crippen molar-refractivity contribution in [3.05, 3.63) is 46.7 Å². The van der Waals surface area contributed by atoms with Crippen LogP contribution in [0.3, 0.4) is 0 Å². The summed E-state index contributed by atoms with van der Waals surface area (Å²) in [6.45, 7) is 2.43. The van der Waals surface area contributed by atoms with Crippen LogP contribution in [-0.2, 0) is 12.8 Å². The highest BCUT2D eigenvalue weighted by molar-refractivity contribution is 7.13. The van der Waals surface area contributed by atoms with Gasteiger partial charge in [-0.25, -0.2) is 18.3 Å². The van der Waals surface area contributed by atoms with E-state index >= 15 is 0 Å². The van der Waals surface area contributed by atoms with Crippen molar-refractivity contribution >= 4 is 22.6 Å². The van der Waals surface area contributed by atoms with Gasteiger partial charge < -0.3 is 9.64 Å². The van der Waals surface area contributed by atoms with Crippen molar-refractivity contribution in [1.82, 2.24) is 19.5 Å². The maximum absolute atomic E-state index is 12.9. The van der Waals surface area contributed by atoms with E-state index in [0.717, 1.165) is 68.0 Å². The fourth-order valence-electron chi connectivity index (χ4n) is 5.46. The van der Waals surface area contributed by atoms with E-state index in [1.807, 2.05) is 24.4 Å². The van der Waals surface area contributed by atoms with Gasteiger partial charge in [0.2, 0.25) is 0 Å². The number of hydrogen-bond acceptors (Lipinski definition) is 6. The largest absolute Gasteiger partial charge is 0.464 e. The summed E-state index contributed by atoms with van der Waals surface area (Å²) in [6.07, 6.45) is 9.36. The summed E-state index contributed by atoms with van der Waals surface area (Å²) in [5, 5.41) is 4.61. The molecular weight excluding hydrogens is 470 g/mol. The molecule has 0 saturated heterocycles. The van der Waals surface area contributed by atoms with Gasteiger partial charge in [0, 0.05) is 42.6 Å². The van der Waals surface area contributed by atoms with Gasteiger partial charge in [0.1, 0.15) is 0 Å². The number of hydrogen-bond donors (Lipinski definition) is 0. The number of carbonyl (C=O) groups excluding carboxylic acids is 1. The SMILES string of the molecule is O=C(CC1CCC(CCN2CCc3nc(OCC(F)F)sc3CC2)CC1)c1cccn2nccc12. The van der Waals surface area contributed by atoms with E-state index in [-0.39, 0.29) is 5.78 Å². The van der Waals surface area contributed by atoms with Crippen LogP contribution in [-0.4, -0.2) is 57.9 Å². The third-order valence-electron chi connectivity index (χ3n) is 7.44. The first-order valence-electron chi connectivity index (χ1n) is 12.6. The zero-order valence-electron chi connectivity index (χ0n) is 19.9. The highest BCUT2D eigenvalue weighted by Crippen LogP contribution is 2.34. The maximum Gasteiger partial charge on any atom is 0.273 e. The van der Waals surface area contributed by atoms with Crippen LogP contribution < -0.4 is 4.74 Å². The summed E-state index contributed by atoms with van der Waals surface area (Å²) < 4.78 is 31.6. The van der Waals surface area contributed by atoms with Gasteiger partial charge in [-0.3, -0.25) is 4.79 Å². The van der Waals surface area contributed by atoms with Gasteiger partial charge in [-0.1, -0.05) is 24.2 Å². The quantitative estimate of drug-likeness (QED) is 0.372. The van der Waals surface area contributed by atoms with Crippen molar-refractivity contribution < 1.29 is 18.3 Å². The van der Waals surface area contributed by atoms with Crippen LogP contribution in [0.2, 0.25) is 0 Å². The fraction of sp³-hybridized carbons (Fsp3) is 0.577. The smallest absolute Gasteiger partial charge is 0.273 e. The van der Waals surface area contributed by atoms with Gasteiger partial charge in [-0.2, -0.15) is 5.10 Å². The summed E-state index contributed by atoms with van der Waals surface area (Å²) in [5.74, 6) is 1.43. The molecule has 6 nitrogen and oxygen atoms in total. The first-order chi connectivity index (χ1) is 17.0. The number of rotatable bonds is 9. The molecule has 1 aliphatic carbocycles. The van der Waals surface area contributed by atoms with Crippen LogP contribution in [0.25, 0.3) is 5.52 Å². The Labute approximate surface area is 208 Å². The molecule has 1 saturated carbocycles. The van der Waals surface area contributed by atoms with Gasteiger partial charge >= 0.3 is 0 Å². The molecule has 0 unspecified atom stereocenters. The summed E-state index contributed by atoms with van der Waals surface area (Å²) in [6, 6.07) is 5.71. The van der Waals surface area contributed by atoms with Crippen molar-refractivity contribution in [3.63, 3.8) is 0 Å². The lowest BCUT2D eigenvalue weighted by molar-refractivity contribution is 0.0816. The maximum atomic E-state index is 12.9. The van der Waals surface area contributed by atoms with Gasteiger partial charge in [0.25, 0.3) is 11.6 Å². The predicted molar refractivity (Wildman–Crippen MR) is 132 cm³/mol. The number of nitrogens with zero attached hydrogens (tertiary/aromatic N) is 4. The Kier molecular flexibility index (Phi) is 7.72. The van der Waals surface area contributed by atoms with Crippen LogP contribution in [0, 0.1) is 11.8 Å². The molecule has 4 heterocycles. The van der Waals surface area contributed by atoms with E-state index < -0.39 is 13.0 Å². The number of Topliss-reactive ketones (excluding diaryl/α,β-unsaturated/α-hetero) is 1. The van der Waals surface area contributed by atoms with Crippen LogP contribution in [0.5, 0.6) is 5.19 Å². The number of ketones is 1.